The molecule has 1 aromatic rings. The van der Waals surface area contributed by atoms with Gasteiger partial charge in [-0.25, -0.2) is 4.39 Å². The molecule has 11 heteroatoms. The van der Waals surface area contributed by atoms with Gasteiger partial charge >= 0.3 is 0 Å². The fourth-order valence-corrected chi connectivity index (χ4v) is 7.14. The molecule has 0 aromatic heterocycles. The topological polar surface area (TPSA) is 103 Å². The maximum absolute atomic E-state index is 14.2. The van der Waals surface area contributed by atoms with Gasteiger partial charge in [-0.05, 0) is 50.8 Å². The molecular weight excluding hydrogens is 581 g/mol. The van der Waals surface area contributed by atoms with E-state index in [1.165, 1.54) is 0 Å². The average molecular weight is 628 g/mol. The minimum Gasteiger partial charge on any atom is -0.363 e. The van der Waals surface area contributed by atoms with E-state index in [0.29, 0.717) is 23.7 Å². The number of amides is 2. The van der Waals surface area contributed by atoms with Crippen LogP contribution in [0, 0.1) is 11.8 Å². The largest absolute Gasteiger partial charge is 0.363 e. The Morgan fingerprint density at radius 1 is 1.25 bits per heavy atom. The smallest absolute Gasteiger partial charge is 0.251 e. The van der Waals surface area contributed by atoms with Gasteiger partial charge in [0.2, 0.25) is 5.91 Å². The molecule has 0 saturated carbocycles. The van der Waals surface area contributed by atoms with Crippen LogP contribution in [0.2, 0.25) is 0 Å². The number of piperazine rings is 1. The number of carbonyl (C=O) groups is 3. The number of carbonyl (C=O) groups excluding carboxylic acids is 3. The maximum atomic E-state index is 14.2. The van der Waals surface area contributed by atoms with E-state index in [4.69, 9.17) is 4.74 Å². The minimum atomic E-state index is -1.31. The molecule has 0 aliphatic carbocycles. The number of Topliss-reactive ketones (excluding diaryl/α,β-unsaturated/α-hetero) is 1. The Labute approximate surface area is 264 Å². The van der Waals surface area contributed by atoms with Gasteiger partial charge in [0.05, 0.1) is 6.54 Å². The summed E-state index contributed by atoms with van der Waals surface area (Å²) in [6.07, 6.45) is 4.00. The third-order valence-electron chi connectivity index (χ3n) is 8.79. The molecule has 3 aliphatic heterocycles. The summed E-state index contributed by atoms with van der Waals surface area (Å²) in [4.78, 5) is 49.4. The summed E-state index contributed by atoms with van der Waals surface area (Å²) in [5.41, 5.74) is 0.0998. The number of benzene rings is 1. The van der Waals surface area contributed by atoms with Crippen molar-refractivity contribution in [1.29, 1.82) is 0 Å². The normalized spacial score (nSPS) is 26.0. The highest BCUT2D eigenvalue weighted by atomic mass is 32.2. The molecule has 4 rings (SSSR count). The Morgan fingerprint density at radius 3 is 2.52 bits per heavy atom. The third-order valence-corrected chi connectivity index (χ3v) is 9.54. The van der Waals surface area contributed by atoms with E-state index in [-0.39, 0.29) is 42.6 Å². The number of aliphatic imine (C=N–C) groups is 1. The Kier molecular flexibility index (Phi) is 11.1. The summed E-state index contributed by atoms with van der Waals surface area (Å²) >= 11 is 1.09. The first kappa shape index (κ1) is 33.9. The van der Waals surface area contributed by atoms with Crippen LogP contribution in [-0.4, -0.2) is 95.1 Å². The number of hydrogen-bond acceptors (Lipinski definition) is 7. The third kappa shape index (κ3) is 6.79. The number of amidine groups is 1. The summed E-state index contributed by atoms with van der Waals surface area (Å²) in [6, 6.07) is 5.68. The van der Waals surface area contributed by atoms with Crippen molar-refractivity contribution in [3.63, 3.8) is 0 Å². The summed E-state index contributed by atoms with van der Waals surface area (Å²) < 4.78 is 19.2. The van der Waals surface area contributed by atoms with Crippen molar-refractivity contribution < 1.29 is 23.5 Å². The molecule has 0 radical (unpaired) electrons. The molecule has 3 aliphatic rings. The van der Waals surface area contributed by atoms with Gasteiger partial charge < -0.3 is 25.2 Å². The standard InChI is InChI=1S/C33H46FN5O4S/c1-7-33-28(40)20-43-32(33,6)26(16-22(2)3)19-39(33)30(42)27(17-23(4)5)37-29(41)25-10-8-24(9-11-25)18-36-31(44-21-34)38-14-12-35-13-15-38/h7-11,16,23,26-27,35H,1,12-15,17-21H2,2-6H3,(H,37,41). The van der Waals surface area contributed by atoms with Gasteiger partial charge in [0.15, 0.2) is 16.5 Å². The van der Waals surface area contributed by atoms with Crippen LogP contribution < -0.4 is 10.6 Å². The number of hydrogen-bond donors (Lipinski definition) is 2. The van der Waals surface area contributed by atoms with Crippen molar-refractivity contribution >= 4 is 34.5 Å². The van der Waals surface area contributed by atoms with Gasteiger partial charge in [-0.15, -0.1) is 6.58 Å². The van der Waals surface area contributed by atoms with E-state index in [2.05, 4.69) is 33.2 Å². The maximum Gasteiger partial charge on any atom is 0.251 e. The summed E-state index contributed by atoms with van der Waals surface area (Å²) in [6.45, 7) is 17.6. The van der Waals surface area contributed by atoms with Gasteiger partial charge in [-0.2, -0.15) is 0 Å². The average Bonchev–Trinajstić information content (AvgIpc) is 3.41. The van der Waals surface area contributed by atoms with E-state index in [1.54, 1.807) is 23.1 Å². The number of nitrogens with zero attached hydrogens (tertiary/aromatic N) is 3. The fourth-order valence-electron chi connectivity index (χ4n) is 6.52. The van der Waals surface area contributed by atoms with Crippen molar-refractivity contribution in [2.75, 3.05) is 45.3 Å². The van der Waals surface area contributed by atoms with Gasteiger partial charge in [0.25, 0.3) is 5.91 Å². The molecule has 1 aromatic carbocycles. The summed E-state index contributed by atoms with van der Waals surface area (Å²) in [7, 11) is 0. The van der Waals surface area contributed by atoms with Crippen molar-refractivity contribution in [3.05, 3.63) is 59.7 Å². The zero-order valence-electron chi connectivity index (χ0n) is 26.5. The number of fused-ring (bicyclic) bond motifs is 1. The van der Waals surface area contributed by atoms with Crippen LogP contribution in [0.1, 0.15) is 57.0 Å². The molecule has 240 valence electrons. The zero-order chi connectivity index (χ0) is 32.1. The van der Waals surface area contributed by atoms with Crippen molar-refractivity contribution in [1.82, 2.24) is 20.4 Å². The van der Waals surface area contributed by atoms with E-state index in [9.17, 15) is 18.8 Å². The molecule has 9 nitrogen and oxygen atoms in total. The molecule has 44 heavy (non-hydrogen) atoms. The van der Waals surface area contributed by atoms with Gasteiger partial charge in [0, 0.05) is 44.2 Å². The van der Waals surface area contributed by atoms with E-state index in [0.717, 1.165) is 49.1 Å². The number of thioether (sulfide) groups is 1. The Hall–Kier alpha value is -3.02. The Morgan fingerprint density at radius 2 is 1.93 bits per heavy atom. The molecule has 0 spiro atoms. The van der Waals surface area contributed by atoms with Crippen LogP contribution >= 0.6 is 11.8 Å². The summed E-state index contributed by atoms with van der Waals surface area (Å²) in [5, 5.41) is 6.92. The zero-order valence-corrected chi connectivity index (χ0v) is 27.3. The number of allylic oxidation sites excluding steroid dienone is 1. The van der Waals surface area contributed by atoms with Crippen molar-refractivity contribution in [2.24, 2.45) is 16.8 Å². The minimum absolute atomic E-state index is 0.0970. The van der Waals surface area contributed by atoms with Gasteiger partial charge in [0.1, 0.15) is 24.3 Å². The van der Waals surface area contributed by atoms with Gasteiger partial charge in [-0.1, -0.05) is 55.5 Å². The first-order valence-corrected chi connectivity index (χ1v) is 16.3. The van der Waals surface area contributed by atoms with Crippen LogP contribution in [0.5, 0.6) is 0 Å². The van der Waals surface area contributed by atoms with E-state index < -0.39 is 23.2 Å². The van der Waals surface area contributed by atoms with Crippen LogP contribution in [0.15, 0.2) is 53.6 Å². The van der Waals surface area contributed by atoms with Crippen LogP contribution in [-0.2, 0) is 20.9 Å². The number of likely N-dealkylation sites (tertiary alicyclic amines) is 1. The Bertz CT molecular complexity index is 1290. The molecular formula is C33H46FN5O4S. The van der Waals surface area contributed by atoms with Crippen LogP contribution in [0.4, 0.5) is 4.39 Å². The fraction of sp³-hybridized carbons (Fsp3) is 0.576. The van der Waals surface area contributed by atoms with Crippen molar-refractivity contribution in [2.45, 2.75) is 64.8 Å². The summed E-state index contributed by atoms with van der Waals surface area (Å²) in [5.74, 6) is -1.00. The van der Waals surface area contributed by atoms with Crippen molar-refractivity contribution in [3.8, 4) is 0 Å². The second-order valence-electron chi connectivity index (χ2n) is 12.5. The Balaban J connectivity index is 1.51. The lowest BCUT2D eigenvalue weighted by Crippen LogP contribution is -2.62. The highest BCUT2D eigenvalue weighted by Gasteiger charge is 2.69. The highest BCUT2D eigenvalue weighted by molar-refractivity contribution is 8.13. The lowest BCUT2D eigenvalue weighted by atomic mass is 9.75. The molecule has 2 amide bonds. The second-order valence-corrected chi connectivity index (χ2v) is 13.4. The van der Waals surface area contributed by atoms with Gasteiger partial charge in [-0.3, -0.25) is 19.4 Å². The number of ketones is 1. The first-order valence-electron chi connectivity index (χ1n) is 15.3. The molecule has 3 saturated heterocycles. The number of ether oxygens (including phenoxy) is 1. The number of halogens is 1. The predicted molar refractivity (Wildman–Crippen MR) is 173 cm³/mol. The van der Waals surface area contributed by atoms with E-state index in [1.807, 2.05) is 46.8 Å². The molecule has 4 atom stereocenters. The lowest BCUT2D eigenvalue weighted by Gasteiger charge is -2.40. The first-order chi connectivity index (χ1) is 21.0. The highest BCUT2D eigenvalue weighted by Crippen LogP contribution is 2.51. The number of rotatable bonds is 10. The van der Waals surface area contributed by atoms with Crippen LogP contribution in [0.25, 0.3) is 0 Å². The molecule has 4 unspecified atom stereocenters. The predicted octanol–water partition coefficient (Wildman–Crippen LogP) is 3.96. The quantitative estimate of drug-likeness (QED) is 0.230. The number of alkyl halides is 1. The molecule has 0 bridgehead atoms. The molecule has 3 heterocycles. The number of nitrogens with one attached hydrogen (secondary N) is 2. The second kappa shape index (κ2) is 14.4. The van der Waals surface area contributed by atoms with Crippen LogP contribution in [0.3, 0.4) is 0 Å². The monoisotopic (exact) mass is 627 g/mol. The lowest BCUT2D eigenvalue weighted by molar-refractivity contribution is -0.143. The van der Waals surface area contributed by atoms with E-state index >= 15 is 0 Å². The SMILES string of the molecule is C=CC12C(=O)COC1(C)C(C=C(C)C)CN2C(=O)C(CC(C)C)NC(=O)c1ccc(CN=C(SCF)N2CCNCC2)cc1. The molecule has 2 N–H and O–H groups in total. The molecule has 3 fully saturated rings.